The molecule has 4 rings (SSSR count). The Morgan fingerprint density at radius 1 is 1.10 bits per heavy atom. The Morgan fingerprint density at radius 3 is 2.74 bits per heavy atom. The first-order chi connectivity index (χ1) is 15.2. The van der Waals surface area contributed by atoms with Gasteiger partial charge in [0, 0.05) is 5.56 Å². The van der Waals surface area contributed by atoms with Gasteiger partial charge in [0.25, 0.3) is 0 Å². The number of carbonyl (C=O) groups is 1. The van der Waals surface area contributed by atoms with Gasteiger partial charge in [-0.05, 0) is 41.1 Å². The summed E-state index contributed by atoms with van der Waals surface area (Å²) >= 11 is 0. The third-order valence-corrected chi connectivity index (χ3v) is 4.44. The zero-order chi connectivity index (χ0) is 21.5. The van der Waals surface area contributed by atoms with E-state index in [0.29, 0.717) is 41.8 Å². The first-order valence-corrected chi connectivity index (χ1v) is 9.63. The summed E-state index contributed by atoms with van der Waals surface area (Å²) in [6.45, 7) is 0.677. The van der Waals surface area contributed by atoms with Crippen LogP contribution in [0.4, 0.5) is 0 Å². The Hall–Kier alpha value is -4.14. The molecule has 2 heterocycles. The van der Waals surface area contributed by atoms with Crippen LogP contribution in [-0.2, 0) is 24.5 Å². The number of carbonyl (C=O) groups excluding carboxylic acids is 1. The van der Waals surface area contributed by atoms with Crippen molar-refractivity contribution >= 4 is 5.91 Å². The molecule has 0 radical (unpaired) electrons. The molecule has 0 aliphatic heterocycles. The van der Waals surface area contributed by atoms with Crippen LogP contribution in [0.3, 0.4) is 0 Å². The highest BCUT2D eigenvalue weighted by atomic mass is 16.5. The number of nitrogens with one attached hydrogen (secondary N) is 1. The molecule has 1 amide bonds. The summed E-state index contributed by atoms with van der Waals surface area (Å²) < 4.78 is 16.5. The minimum Gasteiger partial charge on any atom is -0.493 e. The summed E-state index contributed by atoms with van der Waals surface area (Å²) in [6.07, 6.45) is 1.55. The average molecular weight is 419 g/mol. The van der Waals surface area contributed by atoms with Gasteiger partial charge in [-0.3, -0.25) is 4.79 Å². The van der Waals surface area contributed by atoms with E-state index in [1.807, 2.05) is 36.4 Å². The van der Waals surface area contributed by atoms with Gasteiger partial charge < -0.3 is 19.2 Å². The van der Waals surface area contributed by atoms with Gasteiger partial charge in [0.2, 0.25) is 11.7 Å². The number of amides is 1. The van der Waals surface area contributed by atoms with Gasteiger partial charge in [0.1, 0.15) is 18.9 Å². The number of benzene rings is 2. The highest BCUT2D eigenvalue weighted by Crippen LogP contribution is 2.31. The first kappa shape index (κ1) is 20.1. The molecule has 0 fully saturated rings. The molecule has 158 valence electrons. The highest BCUT2D eigenvalue weighted by Gasteiger charge is 2.13. The van der Waals surface area contributed by atoms with Crippen molar-refractivity contribution < 1.29 is 18.7 Å². The molecule has 2 aromatic heterocycles. The van der Waals surface area contributed by atoms with Crippen molar-refractivity contribution in [1.82, 2.24) is 25.5 Å². The van der Waals surface area contributed by atoms with Gasteiger partial charge in [0.05, 0.1) is 19.9 Å². The van der Waals surface area contributed by atoms with Crippen LogP contribution in [0.25, 0.3) is 11.4 Å². The lowest BCUT2D eigenvalue weighted by Crippen LogP contribution is -2.27. The van der Waals surface area contributed by atoms with Gasteiger partial charge in [-0.1, -0.05) is 30.3 Å². The summed E-state index contributed by atoms with van der Waals surface area (Å²) in [4.78, 5) is 13.3. The van der Waals surface area contributed by atoms with Crippen molar-refractivity contribution in [2.75, 3.05) is 7.11 Å². The summed E-state index contributed by atoms with van der Waals surface area (Å²) in [5.41, 5.74) is 1.76. The van der Waals surface area contributed by atoms with E-state index < -0.39 is 0 Å². The monoisotopic (exact) mass is 419 g/mol. The maximum Gasteiger partial charge on any atom is 0.244 e. The van der Waals surface area contributed by atoms with Crippen LogP contribution < -0.4 is 14.8 Å². The van der Waals surface area contributed by atoms with E-state index in [9.17, 15) is 4.79 Å². The lowest BCUT2D eigenvalue weighted by molar-refractivity contribution is -0.122. The van der Waals surface area contributed by atoms with Gasteiger partial charge in [-0.2, -0.15) is 4.80 Å². The van der Waals surface area contributed by atoms with Crippen LogP contribution in [0.5, 0.6) is 11.5 Å². The molecule has 0 spiro atoms. The molecule has 1 N–H and O–H groups in total. The van der Waals surface area contributed by atoms with Crippen molar-refractivity contribution in [3.63, 3.8) is 0 Å². The molecular weight excluding hydrogens is 398 g/mol. The van der Waals surface area contributed by atoms with Crippen LogP contribution in [0.1, 0.15) is 11.3 Å². The zero-order valence-electron chi connectivity index (χ0n) is 16.9. The third kappa shape index (κ3) is 5.27. The van der Waals surface area contributed by atoms with Crippen LogP contribution in [0, 0.1) is 0 Å². The fourth-order valence-electron chi connectivity index (χ4n) is 2.87. The summed E-state index contributed by atoms with van der Waals surface area (Å²) in [7, 11) is 1.57. The summed E-state index contributed by atoms with van der Waals surface area (Å²) in [5, 5.41) is 15.0. The minimum absolute atomic E-state index is 0.0525. The largest absolute Gasteiger partial charge is 0.493 e. The quantitative estimate of drug-likeness (QED) is 0.445. The molecule has 0 saturated heterocycles. The molecule has 31 heavy (non-hydrogen) atoms. The number of rotatable bonds is 9. The van der Waals surface area contributed by atoms with Gasteiger partial charge in [-0.25, -0.2) is 0 Å². The van der Waals surface area contributed by atoms with Crippen LogP contribution in [0.15, 0.2) is 71.3 Å². The number of tetrazole rings is 1. The summed E-state index contributed by atoms with van der Waals surface area (Å²) in [6, 6.07) is 18.8. The Labute approximate surface area is 178 Å². The van der Waals surface area contributed by atoms with Crippen molar-refractivity contribution in [2.45, 2.75) is 19.7 Å². The van der Waals surface area contributed by atoms with Crippen molar-refractivity contribution in [3.8, 4) is 22.9 Å². The molecule has 9 nitrogen and oxygen atoms in total. The van der Waals surface area contributed by atoms with E-state index in [4.69, 9.17) is 13.9 Å². The molecule has 0 aliphatic carbocycles. The maximum absolute atomic E-state index is 12.1. The second-order valence-electron chi connectivity index (χ2n) is 6.64. The minimum atomic E-state index is -0.248. The molecule has 4 aromatic rings. The topological polar surface area (TPSA) is 104 Å². The maximum atomic E-state index is 12.1. The number of hydrogen-bond acceptors (Lipinski definition) is 7. The SMILES string of the molecule is COc1cc(-c2nnn(CC(=O)NCc3ccco3)n2)ccc1OCc1ccccc1. The molecule has 2 aromatic carbocycles. The fraction of sp³-hybridized carbons (Fsp3) is 0.182. The van der Waals surface area contributed by atoms with Gasteiger partial charge in [0.15, 0.2) is 11.5 Å². The standard InChI is InChI=1S/C22H21N5O4/c1-29-20-12-17(9-10-19(20)31-15-16-6-3-2-4-7-16)22-24-26-27(25-22)14-21(28)23-13-18-8-5-11-30-18/h2-12H,13-15H2,1H3,(H,23,28). The van der Waals surface area contributed by atoms with Crippen LogP contribution in [0.2, 0.25) is 0 Å². The average Bonchev–Trinajstić information content (AvgIpc) is 3.49. The number of methoxy groups -OCH3 is 1. The highest BCUT2D eigenvalue weighted by molar-refractivity contribution is 5.75. The van der Waals surface area contributed by atoms with E-state index in [-0.39, 0.29) is 12.5 Å². The Morgan fingerprint density at radius 2 is 1.97 bits per heavy atom. The third-order valence-electron chi connectivity index (χ3n) is 4.44. The Bertz CT molecular complexity index is 1130. The predicted molar refractivity (Wildman–Crippen MR) is 111 cm³/mol. The smallest absolute Gasteiger partial charge is 0.244 e. The van der Waals surface area contributed by atoms with Gasteiger partial charge >= 0.3 is 0 Å². The molecule has 9 heteroatoms. The van der Waals surface area contributed by atoms with Crippen molar-refractivity contribution in [1.29, 1.82) is 0 Å². The lowest BCUT2D eigenvalue weighted by Gasteiger charge is -2.11. The molecule has 0 atom stereocenters. The Balaban J connectivity index is 1.39. The first-order valence-electron chi connectivity index (χ1n) is 9.63. The van der Waals surface area contributed by atoms with Crippen molar-refractivity contribution in [2.24, 2.45) is 0 Å². The normalized spacial score (nSPS) is 10.6. The second kappa shape index (κ2) is 9.57. The number of nitrogens with zero attached hydrogens (tertiary/aromatic N) is 4. The summed E-state index contributed by atoms with van der Waals surface area (Å²) in [5.74, 6) is 1.97. The zero-order valence-corrected chi connectivity index (χ0v) is 16.9. The van der Waals surface area contributed by atoms with E-state index >= 15 is 0 Å². The number of aromatic nitrogens is 4. The van der Waals surface area contributed by atoms with Crippen LogP contribution >= 0.6 is 0 Å². The van der Waals surface area contributed by atoms with E-state index in [2.05, 4.69) is 20.7 Å². The molecule has 0 aliphatic rings. The molecule has 0 bridgehead atoms. The molecule has 0 saturated carbocycles. The van der Waals surface area contributed by atoms with Gasteiger partial charge in [-0.15, -0.1) is 10.2 Å². The van der Waals surface area contributed by atoms with E-state index in [0.717, 1.165) is 5.56 Å². The molecule has 0 unspecified atom stereocenters. The number of furan rings is 1. The lowest BCUT2D eigenvalue weighted by atomic mass is 10.2. The fourth-order valence-corrected chi connectivity index (χ4v) is 2.87. The number of ether oxygens (including phenoxy) is 2. The number of hydrogen-bond donors (Lipinski definition) is 1. The van der Waals surface area contributed by atoms with E-state index in [1.165, 1.54) is 4.80 Å². The Kier molecular flexibility index (Phi) is 6.22. The predicted octanol–water partition coefficient (Wildman–Crippen LogP) is 2.84. The van der Waals surface area contributed by atoms with E-state index in [1.54, 1.807) is 37.6 Å². The molecular formula is C22H21N5O4. The van der Waals surface area contributed by atoms with Crippen molar-refractivity contribution in [3.05, 3.63) is 78.3 Å². The second-order valence-corrected chi connectivity index (χ2v) is 6.64. The van der Waals surface area contributed by atoms with Crippen LogP contribution in [-0.4, -0.2) is 33.2 Å².